The predicted molar refractivity (Wildman–Crippen MR) is 151 cm³/mol. The summed E-state index contributed by atoms with van der Waals surface area (Å²) in [5.41, 5.74) is 0. The van der Waals surface area contributed by atoms with Gasteiger partial charge in [-0.2, -0.15) is 0 Å². The molecule has 230 valence electrons. The number of unbranched alkanes of at least 4 members (excludes halogenated alkanes) is 6. The summed E-state index contributed by atoms with van der Waals surface area (Å²) in [6.07, 6.45) is 15.4. The van der Waals surface area contributed by atoms with E-state index in [9.17, 15) is 9.59 Å². The van der Waals surface area contributed by atoms with Crippen molar-refractivity contribution in [3.63, 3.8) is 0 Å². The molecule has 4 atom stereocenters. The average molecular weight is 567 g/mol. The van der Waals surface area contributed by atoms with Gasteiger partial charge >= 0.3 is 11.9 Å². The molecule has 0 bridgehead atoms. The smallest absolute Gasteiger partial charge is 0.309 e. The highest BCUT2D eigenvalue weighted by atomic mass is 16.7. The van der Waals surface area contributed by atoms with E-state index in [0.717, 1.165) is 77.4 Å². The molecule has 40 heavy (non-hydrogen) atoms. The molecule has 2 aliphatic carbocycles. The Balaban J connectivity index is 1.11. The molecule has 4 aliphatic rings. The monoisotopic (exact) mass is 566 g/mol. The molecule has 0 amide bonds. The van der Waals surface area contributed by atoms with Gasteiger partial charge in [-0.3, -0.25) is 9.59 Å². The fraction of sp³-hybridized carbons (Fsp3) is 0.938. The van der Waals surface area contributed by atoms with Gasteiger partial charge in [0.1, 0.15) is 12.2 Å². The fourth-order valence-electron chi connectivity index (χ4n) is 6.61. The van der Waals surface area contributed by atoms with Crippen molar-refractivity contribution in [2.24, 2.45) is 11.8 Å². The topological polar surface area (TPSA) is 89.5 Å². The van der Waals surface area contributed by atoms with Gasteiger partial charge in [-0.15, -0.1) is 0 Å². The Kier molecular flexibility index (Phi) is 13.5. The largest absolute Gasteiger partial charge is 0.457 e. The fourth-order valence-corrected chi connectivity index (χ4v) is 6.61. The lowest BCUT2D eigenvalue weighted by Crippen LogP contribution is -2.38. The van der Waals surface area contributed by atoms with E-state index >= 15 is 0 Å². The van der Waals surface area contributed by atoms with E-state index in [1.807, 2.05) is 0 Å². The Labute approximate surface area is 241 Å². The number of carbonyl (C=O) groups excluding carboxylic acids is 2. The van der Waals surface area contributed by atoms with E-state index in [2.05, 4.69) is 13.8 Å². The lowest BCUT2D eigenvalue weighted by Gasteiger charge is -2.28. The molecular formula is C32H54O8. The van der Waals surface area contributed by atoms with E-state index in [1.54, 1.807) is 0 Å². The molecule has 8 nitrogen and oxygen atoms in total. The standard InChI is InChI=1S/C32H54O8/c1-3-5-7-9-19-35-25-15-11-23(12-16-25)31(33)39-27-21-37-30-28(22-38-29(27)30)40-32(34)24-13-17-26(18-14-24)36-20-10-8-6-4-2/h23-30H,3-22H2,1-2H3/t23?,24?,25?,26?,27-,28+,29-,30-/m1/s1. The van der Waals surface area contributed by atoms with Crippen LogP contribution in [0.2, 0.25) is 0 Å². The van der Waals surface area contributed by atoms with Crippen LogP contribution in [0.5, 0.6) is 0 Å². The first kappa shape index (κ1) is 31.7. The molecule has 0 aromatic rings. The molecule has 0 aromatic carbocycles. The second-order valence-electron chi connectivity index (χ2n) is 12.4. The van der Waals surface area contributed by atoms with Crippen molar-refractivity contribution >= 4 is 11.9 Å². The molecule has 0 N–H and O–H groups in total. The van der Waals surface area contributed by atoms with Crippen molar-refractivity contribution in [3.8, 4) is 0 Å². The quantitative estimate of drug-likeness (QED) is 0.168. The SMILES string of the molecule is CCCCCCOC1CCC(C(=O)O[C@H]2CO[C@H]3[C@@H]2OC[C@H]3OC(=O)C2CCC(OCCCCCC)CC2)CC1. The molecule has 2 aliphatic heterocycles. The number of ether oxygens (including phenoxy) is 6. The zero-order valence-corrected chi connectivity index (χ0v) is 25.0. The molecule has 2 saturated carbocycles. The molecule has 4 fully saturated rings. The van der Waals surface area contributed by atoms with Crippen LogP contribution in [0.15, 0.2) is 0 Å². The normalized spacial score (nSPS) is 34.0. The summed E-state index contributed by atoms with van der Waals surface area (Å²) in [5, 5.41) is 0. The first-order valence-electron chi connectivity index (χ1n) is 16.5. The maximum Gasteiger partial charge on any atom is 0.309 e. The Morgan fingerprint density at radius 3 is 1.35 bits per heavy atom. The molecule has 4 rings (SSSR count). The highest BCUT2D eigenvalue weighted by Gasteiger charge is 2.52. The van der Waals surface area contributed by atoms with Gasteiger partial charge in [-0.25, -0.2) is 0 Å². The van der Waals surface area contributed by atoms with Gasteiger partial charge in [0.15, 0.2) is 12.2 Å². The Morgan fingerprint density at radius 1 is 0.575 bits per heavy atom. The molecule has 0 spiro atoms. The Hall–Kier alpha value is -1.22. The second-order valence-corrected chi connectivity index (χ2v) is 12.4. The summed E-state index contributed by atoms with van der Waals surface area (Å²) in [7, 11) is 0. The van der Waals surface area contributed by atoms with Gasteiger partial charge in [0, 0.05) is 13.2 Å². The summed E-state index contributed by atoms with van der Waals surface area (Å²) in [4.78, 5) is 25.8. The van der Waals surface area contributed by atoms with Crippen LogP contribution in [0.3, 0.4) is 0 Å². The minimum Gasteiger partial charge on any atom is -0.457 e. The van der Waals surface area contributed by atoms with Crippen molar-refractivity contribution in [3.05, 3.63) is 0 Å². The number of hydrogen-bond acceptors (Lipinski definition) is 8. The maximum absolute atomic E-state index is 12.9. The van der Waals surface area contributed by atoms with Gasteiger partial charge in [-0.05, 0) is 64.2 Å². The van der Waals surface area contributed by atoms with Crippen molar-refractivity contribution in [1.82, 2.24) is 0 Å². The van der Waals surface area contributed by atoms with Crippen LogP contribution in [-0.4, -0.2) is 75.0 Å². The molecule has 2 heterocycles. The van der Waals surface area contributed by atoms with Crippen molar-refractivity contribution < 1.29 is 38.0 Å². The van der Waals surface area contributed by atoms with Crippen molar-refractivity contribution in [1.29, 1.82) is 0 Å². The number of rotatable bonds is 16. The lowest BCUT2D eigenvalue weighted by atomic mass is 9.87. The van der Waals surface area contributed by atoms with E-state index < -0.39 is 12.2 Å². The van der Waals surface area contributed by atoms with Gasteiger partial charge in [0.25, 0.3) is 0 Å². The first-order chi connectivity index (χ1) is 19.6. The van der Waals surface area contributed by atoms with Crippen LogP contribution in [0.1, 0.15) is 117 Å². The summed E-state index contributed by atoms with van der Waals surface area (Å²) in [6, 6.07) is 0. The number of carbonyl (C=O) groups is 2. The van der Waals surface area contributed by atoms with Crippen LogP contribution in [0.25, 0.3) is 0 Å². The highest BCUT2D eigenvalue weighted by Crippen LogP contribution is 2.35. The molecular weight excluding hydrogens is 512 g/mol. The molecule has 0 radical (unpaired) electrons. The third kappa shape index (κ3) is 9.40. The highest BCUT2D eigenvalue weighted by molar-refractivity contribution is 5.73. The molecule has 2 saturated heterocycles. The van der Waals surface area contributed by atoms with Gasteiger partial charge < -0.3 is 28.4 Å². The van der Waals surface area contributed by atoms with Gasteiger partial charge in [0.05, 0.1) is 37.3 Å². The van der Waals surface area contributed by atoms with Gasteiger partial charge in [0.2, 0.25) is 0 Å². The minimum atomic E-state index is -0.446. The van der Waals surface area contributed by atoms with Crippen LogP contribution in [0.4, 0.5) is 0 Å². The summed E-state index contributed by atoms with van der Waals surface area (Å²) >= 11 is 0. The average Bonchev–Trinajstić information content (AvgIpc) is 3.56. The zero-order chi connectivity index (χ0) is 28.2. The number of hydrogen-bond donors (Lipinski definition) is 0. The first-order valence-corrected chi connectivity index (χ1v) is 16.5. The van der Waals surface area contributed by atoms with E-state index in [4.69, 9.17) is 28.4 Å². The molecule has 0 aromatic heterocycles. The van der Waals surface area contributed by atoms with Crippen LogP contribution < -0.4 is 0 Å². The zero-order valence-electron chi connectivity index (χ0n) is 25.0. The molecule has 0 unspecified atom stereocenters. The van der Waals surface area contributed by atoms with Crippen molar-refractivity contribution in [2.45, 2.75) is 153 Å². The Morgan fingerprint density at radius 2 is 0.975 bits per heavy atom. The van der Waals surface area contributed by atoms with Crippen LogP contribution >= 0.6 is 0 Å². The Bertz CT molecular complexity index is 681. The van der Waals surface area contributed by atoms with Gasteiger partial charge in [-0.1, -0.05) is 52.4 Å². The number of fused-ring (bicyclic) bond motifs is 1. The second kappa shape index (κ2) is 17.0. The third-order valence-corrected chi connectivity index (χ3v) is 9.22. The summed E-state index contributed by atoms with van der Waals surface area (Å²) < 4.78 is 35.7. The van der Waals surface area contributed by atoms with Crippen LogP contribution in [-0.2, 0) is 38.0 Å². The predicted octanol–water partition coefficient (Wildman–Crippen LogP) is 5.92. The number of esters is 2. The summed E-state index contributed by atoms with van der Waals surface area (Å²) in [5.74, 6) is -0.512. The molecule has 8 heteroatoms. The van der Waals surface area contributed by atoms with E-state index in [0.29, 0.717) is 0 Å². The lowest BCUT2D eigenvalue weighted by molar-refractivity contribution is -0.162. The third-order valence-electron chi connectivity index (χ3n) is 9.22. The van der Waals surface area contributed by atoms with E-state index in [1.165, 1.54) is 38.5 Å². The van der Waals surface area contributed by atoms with Crippen LogP contribution in [0, 0.1) is 11.8 Å². The summed E-state index contributed by atoms with van der Waals surface area (Å²) in [6.45, 7) is 6.63. The van der Waals surface area contributed by atoms with E-state index in [-0.39, 0.29) is 61.4 Å². The maximum atomic E-state index is 12.9. The van der Waals surface area contributed by atoms with Crippen molar-refractivity contribution in [2.75, 3.05) is 26.4 Å². The minimum absolute atomic E-state index is 0.0931.